The fourth-order valence-electron chi connectivity index (χ4n) is 2.86. The SMILES string of the molecule is CNC(CC1CCCO1)c1ccc2[nH]c(=O)c(=O)[nH]c2c1. The van der Waals surface area contributed by atoms with Gasteiger partial charge in [0, 0.05) is 12.6 Å². The average molecular weight is 289 g/mol. The van der Waals surface area contributed by atoms with Crippen molar-refractivity contribution >= 4 is 11.0 Å². The van der Waals surface area contributed by atoms with Gasteiger partial charge in [0.2, 0.25) is 0 Å². The number of fused-ring (bicyclic) bond motifs is 1. The van der Waals surface area contributed by atoms with Gasteiger partial charge in [-0.25, -0.2) is 0 Å². The Bertz CT molecular complexity index is 744. The van der Waals surface area contributed by atoms with Crippen molar-refractivity contribution in [3.63, 3.8) is 0 Å². The second kappa shape index (κ2) is 5.83. The molecule has 1 aromatic heterocycles. The molecule has 0 bridgehead atoms. The molecule has 1 aromatic carbocycles. The Morgan fingerprint density at radius 3 is 2.71 bits per heavy atom. The third kappa shape index (κ3) is 2.91. The molecule has 2 atom stereocenters. The summed E-state index contributed by atoms with van der Waals surface area (Å²) in [7, 11) is 1.92. The second-order valence-electron chi connectivity index (χ2n) is 5.43. The van der Waals surface area contributed by atoms with Crippen LogP contribution in [0.4, 0.5) is 0 Å². The van der Waals surface area contributed by atoms with Gasteiger partial charge in [-0.05, 0) is 44.0 Å². The number of rotatable bonds is 4. The van der Waals surface area contributed by atoms with Crippen LogP contribution in [0.1, 0.15) is 30.9 Å². The molecule has 0 saturated carbocycles. The second-order valence-corrected chi connectivity index (χ2v) is 5.43. The summed E-state index contributed by atoms with van der Waals surface area (Å²) < 4.78 is 5.68. The lowest BCUT2D eigenvalue weighted by molar-refractivity contribution is 0.0954. The molecule has 1 saturated heterocycles. The molecule has 21 heavy (non-hydrogen) atoms. The van der Waals surface area contributed by atoms with Crippen LogP contribution < -0.4 is 16.4 Å². The predicted molar refractivity (Wildman–Crippen MR) is 80.6 cm³/mol. The van der Waals surface area contributed by atoms with Crippen molar-refractivity contribution < 1.29 is 4.74 Å². The Kier molecular flexibility index (Phi) is 3.90. The number of aromatic amines is 2. The molecule has 1 aliphatic rings. The summed E-state index contributed by atoms with van der Waals surface area (Å²) in [5, 5.41) is 3.29. The van der Waals surface area contributed by atoms with Gasteiger partial charge in [0.25, 0.3) is 0 Å². The van der Waals surface area contributed by atoms with E-state index < -0.39 is 11.1 Å². The van der Waals surface area contributed by atoms with Gasteiger partial charge in [-0.15, -0.1) is 0 Å². The van der Waals surface area contributed by atoms with Crippen LogP contribution in [0.2, 0.25) is 0 Å². The van der Waals surface area contributed by atoms with Gasteiger partial charge in [0.1, 0.15) is 0 Å². The molecule has 3 N–H and O–H groups in total. The number of ether oxygens (including phenoxy) is 1. The van der Waals surface area contributed by atoms with Crippen LogP contribution in [0.3, 0.4) is 0 Å². The first-order chi connectivity index (χ1) is 10.2. The topological polar surface area (TPSA) is 87.0 Å². The lowest BCUT2D eigenvalue weighted by atomic mass is 9.99. The molecule has 0 radical (unpaired) electrons. The quantitative estimate of drug-likeness (QED) is 0.734. The molecule has 1 fully saturated rings. The van der Waals surface area contributed by atoms with Crippen LogP contribution in [0.25, 0.3) is 11.0 Å². The summed E-state index contributed by atoms with van der Waals surface area (Å²) in [4.78, 5) is 27.9. The van der Waals surface area contributed by atoms with Crippen LogP contribution in [0.5, 0.6) is 0 Å². The Balaban J connectivity index is 1.92. The highest BCUT2D eigenvalue weighted by Gasteiger charge is 2.21. The Labute approximate surface area is 121 Å². The Morgan fingerprint density at radius 2 is 2.05 bits per heavy atom. The summed E-state index contributed by atoms with van der Waals surface area (Å²) >= 11 is 0. The van der Waals surface area contributed by atoms with Crippen molar-refractivity contribution in [2.75, 3.05) is 13.7 Å². The van der Waals surface area contributed by atoms with Crippen molar-refractivity contribution in [2.45, 2.75) is 31.4 Å². The highest BCUT2D eigenvalue weighted by molar-refractivity contribution is 5.74. The van der Waals surface area contributed by atoms with Crippen LogP contribution in [0, 0.1) is 0 Å². The van der Waals surface area contributed by atoms with Crippen molar-refractivity contribution in [2.24, 2.45) is 0 Å². The van der Waals surface area contributed by atoms with Gasteiger partial charge in [0.05, 0.1) is 17.1 Å². The van der Waals surface area contributed by atoms with Crippen molar-refractivity contribution in [3.8, 4) is 0 Å². The summed E-state index contributed by atoms with van der Waals surface area (Å²) in [6.45, 7) is 0.841. The molecule has 112 valence electrons. The molecule has 6 heteroatoms. The standard InChI is InChI=1S/C15H19N3O3/c1-16-12(8-10-3-2-6-21-10)9-4-5-11-13(7-9)18-15(20)14(19)17-11/h4-5,7,10,12,16H,2-3,6,8H2,1H3,(H,17,19)(H,18,20). The molecule has 2 aromatic rings. The maximum atomic E-state index is 11.4. The maximum absolute atomic E-state index is 11.4. The Hall–Kier alpha value is -1.92. The normalized spacial score (nSPS) is 20.0. The number of benzene rings is 1. The number of hydrogen-bond donors (Lipinski definition) is 3. The van der Waals surface area contributed by atoms with Crippen molar-refractivity contribution in [3.05, 3.63) is 44.5 Å². The van der Waals surface area contributed by atoms with E-state index in [0.29, 0.717) is 11.0 Å². The van der Waals surface area contributed by atoms with E-state index in [9.17, 15) is 9.59 Å². The third-order valence-electron chi connectivity index (χ3n) is 4.02. The zero-order valence-corrected chi connectivity index (χ0v) is 11.9. The summed E-state index contributed by atoms with van der Waals surface area (Å²) in [6, 6.07) is 5.85. The van der Waals surface area contributed by atoms with Crippen LogP contribution in [-0.2, 0) is 4.74 Å². The zero-order chi connectivity index (χ0) is 14.8. The number of aromatic nitrogens is 2. The van der Waals surface area contributed by atoms with Crippen molar-refractivity contribution in [1.29, 1.82) is 0 Å². The molecule has 1 aliphatic heterocycles. The summed E-state index contributed by atoms with van der Waals surface area (Å²) in [5.74, 6) is 0. The van der Waals surface area contributed by atoms with E-state index in [1.54, 1.807) is 0 Å². The van der Waals surface area contributed by atoms with E-state index in [4.69, 9.17) is 4.74 Å². The molecule has 0 aliphatic carbocycles. The van der Waals surface area contributed by atoms with Gasteiger partial charge in [-0.3, -0.25) is 9.59 Å². The third-order valence-corrected chi connectivity index (χ3v) is 4.02. The summed E-state index contributed by atoms with van der Waals surface area (Å²) in [5.41, 5.74) is 1.10. The monoisotopic (exact) mass is 289 g/mol. The minimum Gasteiger partial charge on any atom is -0.378 e. The van der Waals surface area contributed by atoms with Gasteiger partial charge in [0.15, 0.2) is 0 Å². The first-order valence-electron chi connectivity index (χ1n) is 7.22. The van der Waals surface area contributed by atoms with Crippen LogP contribution >= 0.6 is 0 Å². The molecule has 0 amide bonds. The number of hydrogen-bond acceptors (Lipinski definition) is 4. The fourth-order valence-corrected chi connectivity index (χ4v) is 2.86. The molecule has 2 unspecified atom stereocenters. The van der Waals surface area contributed by atoms with E-state index in [1.807, 2.05) is 25.2 Å². The average Bonchev–Trinajstić information content (AvgIpc) is 2.98. The first kappa shape index (κ1) is 14.0. The zero-order valence-electron chi connectivity index (χ0n) is 11.9. The van der Waals surface area contributed by atoms with E-state index in [2.05, 4.69) is 15.3 Å². The van der Waals surface area contributed by atoms with E-state index >= 15 is 0 Å². The minimum atomic E-state index is -0.625. The first-order valence-corrected chi connectivity index (χ1v) is 7.22. The van der Waals surface area contributed by atoms with Gasteiger partial charge >= 0.3 is 11.1 Å². The molecular weight excluding hydrogens is 270 g/mol. The van der Waals surface area contributed by atoms with Crippen molar-refractivity contribution in [1.82, 2.24) is 15.3 Å². The fraction of sp³-hybridized carbons (Fsp3) is 0.467. The molecule has 0 spiro atoms. The van der Waals surface area contributed by atoms with Gasteiger partial charge in [-0.2, -0.15) is 0 Å². The van der Waals surface area contributed by atoms with E-state index in [1.165, 1.54) is 0 Å². The smallest absolute Gasteiger partial charge is 0.314 e. The minimum absolute atomic E-state index is 0.160. The van der Waals surface area contributed by atoms with Gasteiger partial charge in [-0.1, -0.05) is 6.07 Å². The molecule has 6 nitrogen and oxygen atoms in total. The molecular formula is C15H19N3O3. The highest BCUT2D eigenvalue weighted by Crippen LogP contribution is 2.26. The predicted octanol–water partition coefficient (Wildman–Crippen LogP) is 1.05. The molecule has 2 heterocycles. The Morgan fingerprint density at radius 1 is 1.29 bits per heavy atom. The largest absolute Gasteiger partial charge is 0.378 e. The summed E-state index contributed by atoms with van der Waals surface area (Å²) in [6.07, 6.45) is 3.39. The number of nitrogens with one attached hydrogen (secondary N) is 3. The molecule has 3 rings (SSSR count). The van der Waals surface area contributed by atoms with E-state index in [-0.39, 0.29) is 12.1 Å². The van der Waals surface area contributed by atoms with E-state index in [0.717, 1.165) is 31.4 Å². The number of H-pyrrole nitrogens is 2. The van der Waals surface area contributed by atoms with Gasteiger partial charge < -0.3 is 20.0 Å². The highest BCUT2D eigenvalue weighted by atomic mass is 16.5. The van der Waals surface area contributed by atoms with Crippen LogP contribution in [-0.4, -0.2) is 29.7 Å². The van der Waals surface area contributed by atoms with Crippen LogP contribution in [0.15, 0.2) is 27.8 Å². The lowest BCUT2D eigenvalue weighted by Gasteiger charge is -2.20. The maximum Gasteiger partial charge on any atom is 0.314 e. The lowest BCUT2D eigenvalue weighted by Crippen LogP contribution is -2.29.